The van der Waals surface area contributed by atoms with Crippen LogP contribution in [0.1, 0.15) is 6.92 Å². The highest BCUT2D eigenvalue weighted by Crippen LogP contribution is 2.29. The highest BCUT2D eigenvalue weighted by Gasteiger charge is 2.32. The van der Waals surface area contributed by atoms with Gasteiger partial charge in [0.1, 0.15) is 0 Å². The maximum Gasteiger partial charge on any atom is 0.289 e. The molecule has 0 radical (unpaired) electrons. The van der Waals surface area contributed by atoms with Gasteiger partial charge in [0.2, 0.25) is 15.9 Å². The molecular weight excluding hydrogens is 366 g/mol. The van der Waals surface area contributed by atoms with Crippen molar-refractivity contribution in [2.24, 2.45) is 0 Å². The Kier molecular flexibility index (Phi) is 5.81. The predicted octanol–water partition coefficient (Wildman–Crippen LogP) is 1.11. The van der Waals surface area contributed by atoms with E-state index in [0.29, 0.717) is 4.47 Å². The largest absolute Gasteiger partial charge is 0.358 e. The van der Waals surface area contributed by atoms with Gasteiger partial charge in [0.25, 0.3) is 5.69 Å². The van der Waals surface area contributed by atoms with Crippen molar-refractivity contribution in [3.05, 3.63) is 32.8 Å². The summed E-state index contributed by atoms with van der Waals surface area (Å²) in [5.74, 6) is -0.502. The first-order valence-electron chi connectivity index (χ1n) is 5.88. The zero-order valence-electron chi connectivity index (χ0n) is 11.4. The van der Waals surface area contributed by atoms with Gasteiger partial charge in [0.05, 0.1) is 11.5 Å². The van der Waals surface area contributed by atoms with Crippen LogP contribution in [-0.2, 0) is 14.8 Å². The van der Waals surface area contributed by atoms with E-state index >= 15 is 0 Å². The maximum absolute atomic E-state index is 12.5. The first-order chi connectivity index (χ1) is 9.73. The van der Waals surface area contributed by atoms with Crippen LogP contribution >= 0.6 is 15.9 Å². The molecular formula is C11H14BrN3O5S. The molecule has 21 heavy (non-hydrogen) atoms. The van der Waals surface area contributed by atoms with Crippen molar-refractivity contribution in [1.82, 2.24) is 9.62 Å². The van der Waals surface area contributed by atoms with E-state index in [9.17, 15) is 23.3 Å². The molecule has 1 amide bonds. The molecule has 0 bridgehead atoms. The number of sulfonamides is 1. The zero-order valence-corrected chi connectivity index (χ0v) is 13.8. The number of hydrogen-bond donors (Lipinski definition) is 1. The van der Waals surface area contributed by atoms with Crippen LogP contribution < -0.4 is 5.32 Å². The molecule has 116 valence electrons. The van der Waals surface area contributed by atoms with E-state index in [1.54, 1.807) is 6.92 Å². The average Bonchev–Trinajstić information content (AvgIpc) is 2.43. The lowest BCUT2D eigenvalue weighted by atomic mass is 10.3. The van der Waals surface area contributed by atoms with Gasteiger partial charge in [-0.2, -0.15) is 4.31 Å². The van der Waals surface area contributed by atoms with Crippen molar-refractivity contribution in [2.75, 3.05) is 20.1 Å². The van der Waals surface area contributed by atoms with E-state index in [2.05, 4.69) is 21.2 Å². The second kappa shape index (κ2) is 6.96. The predicted molar refractivity (Wildman–Crippen MR) is 79.3 cm³/mol. The minimum Gasteiger partial charge on any atom is -0.358 e. The van der Waals surface area contributed by atoms with Crippen LogP contribution in [0.15, 0.2) is 27.6 Å². The summed E-state index contributed by atoms with van der Waals surface area (Å²) in [6.45, 7) is 1.16. The molecule has 1 aromatic rings. The first kappa shape index (κ1) is 17.5. The van der Waals surface area contributed by atoms with Gasteiger partial charge >= 0.3 is 0 Å². The van der Waals surface area contributed by atoms with E-state index in [-0.39, 0.29) is 6.54 Å². The summed E-state index contributed by atoms with van der Waals surface area (Å²) in [6, 6.07) is 3.64. The molecule has 0 aliphatic carbocycles. The Morgan fingerprint density at radius 3 is 2.57 bits per heavy atom. The quantitative estimate of drug-likeness (QED) is 0.587. The summed E-state index contributed by atoms with van der Waals surface area (Å²) in [6.07, 6.45) is 0. The molecule has 1 aromatic carbocycles. The molecule has 0 atom stereocenters. The van der Waals surface area contributed by atoms with Crippen molar-refractivity contribution >= 4 is 37.5 Å². The van der Waals surface area contributed by atoms with Crippen LogP contribution in [0.5, 0.6) is 0 Å². The van der Waals surface area contributed by atoms with E-state index < -0.39 is 38.0 Å². The summed E-state index contributed by atoms with van der Waals surface area (Å²) >= 11 is 3.09. The summed E-state index contributed by atoms with van der Waals surface area (Å²) in [4.78, 5) is 21.2. The number of likely N-dealkylation sites (N-methyl/N-ethyl adjacent to an activating group) is 2. The number of nitro benzene ring substituents is 1. The summed E-state index contributed by atoms with van der Waals surface area (Å²) < 4.78 is 26.3. The second-order valence-corrected chi connectivity index (χ2v) is 6.80. The lowest BCUT2D eigenvalue weighted by Crippen LogP contribution is -2.39. The molecule has 1 N–H and O–H groups in total. The van der Waals surface area contributed by atoms with Crippen LogP contribution in [0.2, 0.25) is 0 Å². The number of nitrogens with one attached hydrogen (secondary N) is 1. The van der Waals surface area contributed by atoms with Crippen molar-refractivity contribution in [1.29, 1.82) is 0 Å². The fourth-order valence-corrected chi connectivity index (χ4v) is 3.69. The number of benzene rings is 1. The molecule has 10 heteroatoms. The van der Waals surface area contributed by atoms with Crippen LogP contribution in [0.4, 0.5) is 5.69 Å². The number of nitro groups is 1. The topological polar surface area (TPSA) is 110 Å². The fraction of sp³-hybridized carbons (Fsp3) is 0.364. The highest BCUT2D eigenvalue weighted by molar-refractivity contribution is 9.10. The molecule has 0 unspecified atom stereocenters. The van der Waals surface area contributed by atoms with Gasteiger partial charge in [-0.15, -0.1) is 0 Å². The second-order valence-electron chi connectivity index (χ2n) is 3.97. The monoisotopic (exact) mass is 379 g/mol. The van der Waals surface area contributed by atoms with E-state index in [0.717, 1.165) is 16.4 Å². The number of carbonyl (C=O) groups excluding carboxylic acids is 1. The van der Waals surface area contributed by atoms with Crippen LogP contribution in [0.3, 0.4) is 0 Å². The molecule has 0 spiro atoms. The normalized spacial score (nSPS) is 11.4. The van der Waals surface area contributed by atoms with Gasteiger partial charge in [-0.1, -0.05) is 22.9 Å². The molecule has 0 saturated carbocycles. The molecule has 0 fully saturated rings. The number of amides is 1. The van der Waals surface area contributed by atoms with Gasteiger partial charge in [0, 0.05) is 24.1 Å². The molecule has 0 aromatic heterocycles. The Bertz CT molecular complexity index is 662. The van der Waals surface area contributed by atoms with Crippen molar-refractivity contribution in [2.45, 2.75) is 11.8 Å². The number of halogens is 1. The van der Waals surface area contributed by atoms with Crippen LogP contribution in [0.25, 0.3) is 0 Å². The smallest absolute Gasteiger partial charge is 0.289 e. The van der Waals surface area contributed by atoms with Crippen molar-refractivity contribution in [3.8, 4) is 0 Å². The first-order valence-corrected chi connectivity index (χ1v) is 8.12. The van der Waals surface area contributed by atoms with Gasteiger partial charge < -0.3 is 5.32 Å². The summed E-state index contributed by atoms with van der Waals surface area (Å²) in [5.41, 5.74) is -0.534. The van der Waals surface area contributed by atoms with Gasteiger partial charge in [-0.3, -0.25) is 14.9 Å². The highest BCUT2D eigenvalue weighted by atomic mass is 79.9. The van der Waals surface area contributed by atoms with E-state index in [1.807, 2.05) is 0 Å². The number of hydrogen-bond acceptors (Lipinski definition) is 5. The minimum atomic E-state index is -4.15. The van der Waals surface area contributed by atoms with Gasteiger partial charge in [0.15, 0.2) is 4.90 Å². The summed E-state index contributed by atoms with van der Waals surface area (Å²) in [7, 11) is -2.77. The maximum atomic E-state index is 12.5. The minimum absolute atomic E-state index is 0.0133. The van der Waals surface area contributed by atoms with Crippen molar-refractivity contribution in [3.63, 3.8) is 0 Å². The molecule has 8 nitrogen and oxygen atoms in total. The van der Waals surface area contributed by atoms with Crippen molar-refractivity contribution < 1.29 is 18.1 Å². The lowest BCUT2D eigenvalue weighted by molar-refractivity contribution is -0.387. The molecule has 1 rings (SSSR count). The van der Waals surface area contributed by atoms with E-state index in [4.69, 9.17) is 0 Å². The Hall–Kier alpha value is -1.52. The third-order valence-corrected chi connectivity index (χ3v) is 5.13. The van der Waals surface area contributed by atoms with Crippen LogP contribution in [0, 0.1) is 10.1 Å². The third-order valence-electron chi connectivity index (χ3n) is 2.69. The lowest BCUT2D eigenvalue weighted by Gasteiger charge is -2.19. The summed E-state index contributed by atoms with van der Waals surface area (Å²) in [5, 5.41) is 13.3. The number of nitrogens with zero attached hydrogens (tertiary/aromatic N) is 2. The SMILES string of the molecule is CCN(CC(=O)NC)S(=O)(=O)c1cc(Br)ccc1[N+](=O)[O-]. The molecule has 0 aliphatic rings. The standard InChI is InChI=1S/C11H14BrN3O5S/c1-3-14(7-11(16)13-2)21(19,20)10-6-8(12)4-5-9(10)15(17)18/h4-6H,3,7H2,1-2H3,(H,13,16). The van der Waals surface area contributed by atoms with Crippen LogP contribution in [-0.4, -0.2) is 43.7 Å². The Labute approximate surface area is 130 Å². The Morgan fingerprint density at radius 2 is 2.10 bits per heavy atom. The molecule has 0 aliphatic heterocycles. The molecule has 0 heterocycles. The molecule has 0 saturated heterocycles. The van der Waals surface area contributed by atoms with Gasteiger partial charge in [-0.25, -0.2) is 8.42 Å². The van der Waals surface area contributed by atoms with E-state index in [1.165, 1.54) is 13.1 Å². The third kappa shape index (κ3) is 3.99. The Balaban J connectivity index is 3.38. The number of rotatable bonds is 6. The Morgan fingerprint density at radius 1 is 1.48 bits per heavy atom. The average molecular weight is 380 g/mol. The number of carbonyl (C=O) groups is 1. The fourth-order valence-electron chi connectivity index (χ4n) is 1.59. The van der Waals surface area contributed by atoms with Gasteiger partial charge in [-0.05, 0) is 12.1 Å². The zero-order chi connectivity index (χ0) is 16.2.